The highest BCUT2D eigenvalue weighted by Gasteiger charge is 2.52. The lowest BCUT2D eigenvalue weighted by atomic mass is 9.75. The summed E-state index contributed by atoms with van der Waals surface area (Å²) in [5.74, 6) is 0. The molecule has 24 heavy (non-hydrogen) atoms. The fourth-order valence-corrected chi connectivity index (χ4v) is 3.39. The molecule has 0 unspecified atom stereocenters. The van der Waals surface area contributed by atoms with Gasteiger partial charge in [-0.1, -0.05) is 18.2 Å². The number of aryl methyl sites for hydroxylation is 2. The maximum Gasteiger partial charge on any atom is 0.495 e. The van der Waals surface area contributed by atoms with Crippen LogP contribution in [0.25, 0.3) is 21.9 Å². The summed E-state index contributed by atoms with van der Waals surface area (Å²) >= 11 is 0. The molecule has 0 atom stereocenters. The molecule has 2 heterocycles. The van der Waals surface area contributed by atoms with Gasteiger partial charge >= 0.3 is 7.12 Å². The molecule has 1 saturated heterocycles. The van der Waals surface area contributed by atoms with E-state index in [9.17, 15) is 0 Å². The van der Waals surface area contributed by atoms with Crippen molar-refractivity contribution < 1.29 is 13.7 Å². The molecule has 0 radical (unpaired) electrons. The molecule has 1 aromatic heterocycles. The predicted molar refractivity (Wildman–Crippen MR) is 98.9 cm³/mol. The van der Waals surface area contributed by atoms with Gasteiger partial charge in [-0.3, -0.25) is 0 Å². The number of hydrogen-bond acceptors (Lipinski definition) is 3. The lowest BCUT2D eigenvalue weighted by Crippen LogP contribution is -2.41. The molecule has 1 aliphatic heterocycles. The van der Waals surface area contributed by atoms with Crippen LogP contribution in [0.2, 0.25) is 0 Å². The van der Waals surface area contributed by atoms with E-state index in [-0.39, 0.29) is 18.3 Å². The maximum atomic E-state index is 6.25. The van der Waals surface area contributed by atoms with Crippen molar-refractivity contribution in [3.63, 3.8) is 0 Å². The maximum absolute atomic E-state index is 6.25. The second-order valence-electron chi connectivity index (χ2n) is 7.84. The molecule has 4 rings (SSSR count). The van der Waals surface area contributed by atoms with E-state index in [0.717, 1.165) is 27.6 Å². The second kappa shape index (κ2) is 4.87. The van der Waals surface area contributed by atoms with Crippen LogP contribution in [-0.2, 0) is 9.31 Å². The van der Waals surface area contributed by atoms with Crippen molar-refractivity contribution in [2.24, 2.45) is 0 Å². The Kier molecular flexibility index (Phi) is 3.19. The molecular formula is C20H23BO3. The van der Waals surface area contributed by atoms with Crippen molar-refractivity contribution in [1.82, 2.24) is 0 Å². The fraction of sp³-hybridized carbons (Fsp3) is 0.400. The Morgan fingerprint density at radius 2 is 1.50 bits per heavy atom. The van der Waals surface area contributed by atoms with E-state index >= 15 is 0 Å². The van der Waals surface area contributed by atoms with Crippen molar-refractivity contribution in [2.75, 3.05) is 0 Å². The molecule has 1 aliphatic rings. The van der Waals surface area contributed by atoms with Gasteiger partial charge in [-0.25, -0.2) is 0 Å². The minimum atomic E-state index is -0.353. The number of fused-ring (bicyclic) bond motifs is 3. The van der Waals surface area contributed by atoms with Gasteiger partial charge in [-0.15, -0.1) is 0 Å². The number of hydrogen-bond donors (Lipinski definition) is 0. The minimum absolute atomic E-state index is 0.340. The van der Waals surface area contributed by atoms with E-state index < -0.39 is 0 Å². The summed E-state index contributed by atoms with van der Waals surface area (Å²) in [4.78, 5) is 0. The average Bonchev–Trinajstić information content (AvgIpc) is 2.92. The van der Waals surface area contributed by atoms with Gasteiger partial charge in [-0.05, 0) is 70.3 Å². The summed E-state index contributed by atoms with van der Waals surface area (Å²) in [5, 5.41) is 2.30. The molecule has 3 aromatic rings. The molecule has 0 amide bonds. The fourth-order valence-electron chi connectivity index (χ4n) is 3.39. The van der Waals surface area contributed by atoms with E-state index in [1.807, 2.05) is 12.1 Å². The first-order chi connectivity index (χ1) is 11.2. The first kappa shape index (κ1) is 15.7. The molecule has 0 N–H and O–H groups in total. The van der Waals surface area contributed by atoms with Gasteiger partial charge in [0.1, 0.15) is 11.2 Å². The molecule has 124 valence electrons. The molecule has 0 spiro atoms. The lowest BCUT2D eigenvalue weighted by molar-refractivity contribution is 0.00578. The Hall–Kier alpha value is -1.78. The van der Waals surface area contributed by atoms with Crippen LogP contribution in [-0.4, -0.2) is 18.3 Å². The molecule has 4 heteroatoms. The van der Waals surface area contributed by atoms with Crippen molar-refractivity contribution in [3.8, 4) is 0 Å². The summed E-state index contributed by atoms with van der Waals surface area (Å²) in [5.41, 5.74) is 4.58. The third kappa shape index (κ3) is 2.13. The largest absolute Gasteiger partial charge is 0.495 e. The lowest BCUT2D eigenvalue weighted by Gasteiger charge is -2.32. The van der Waals surface area contributed by atoms with Crippen molar-refractivity contribution in [3.05, 3.63) is 41.5 Å². The Morgan fingerprint density at radius 1 is 0.833 bits per heavy atom. The van der Waals surface area contributed by atoms with Crippen molar-refractivity contribution in [2.45, 2.75) is 52.7 Å². The summed E-state index contributed by atoms with van der Waals surface area (Å²) in [6, 6.07) is 10.4. The van der Waals surface area contributed by atoms with Gasteiger partial charge in [0, 0.05) is 10.8 Å². The van der Waals surface area contributed by atoms with Crippen LogP contribution in [0.15, 0.2) is 34.7 Å². The monoisotopic (exact) mass is 322 g/mol. The zero-order valence-electron chi connectivity index (χ0n) is 15.2. The van der Waals surface area contributed by atoms with Gasteiger partial charge in [0.25, 0.3) is 0 Å². The predicted octanol–water partition coefficient (Wildman–Crippen LogP) is 4.50. The molecular weight excluding hydrogens is 299 g/mol. The van der Waals surface area contributed by atoms with Gasteiger partial charge in [0.05, 0.1) is 11.2 Å². The molecule has 0 saturated carbocycles. The van der Waals surface area contributed by atoms with E-state index in [4.69, 9.17) is 13.7 Å². The van der Waals surface area contributed by atoms with Crippen LogP contribution in [0.4, 0.5) is 0 Å². The SMILES string of the molecule is Cc1cc2oc3cccc(C)c3c2cc1B1OC(C)(C)C(C)(C)O1. The van der Waals surface area contributed by atoms with E-state index in [0.29, 0.717) is 0 Å². The molecule has 2 aromatic carbocycles. The first-order valence-electron chi connectivity index (χ1n) is 8.48. The average molecular weight is 322 g/mol. The standard InChI is InChI=1S/C20H23BO3/c1-12-8-7-9-16-18(12)14-11-15(13(2)10-17(14)22-16)21-23-19(3,4)20(5,6)24-21/h7-11H,1-6H3. The third-order valence-electron chi connectivity index (χ3n) is 5.60. The highest BCUT2D eigenvalue weighted by atomic mass is 16.7. The van der Waals surface area contributed by atoms with Gasteiger partial charge in [0.15, 0.2) is 0 Å². The normalized spacial score (nSPS) is 19.5. The minimum Gasteiger partial charge on any atom is -0.456 e. The van der Waals surface area contributed by atoms with Crippen molar-refractivity contribution >= 4 is 34.5 Å². The molecule has 0 aliphatic carbocycles. The zero-order valence-corrected chi connectivity index (χ0v) is 15.2. The van der Waals surface area contributed by atoms with Gasteiger partial charge < -0.3 is 13.7 Å². The second-order valence-corrected chi connectivity index (χ2v) is 7.84. The Bertz CT molecular complexity index is 936. The smallest absolute Gasteiger partial charge is 0.456 e. The molecule has 1 fully saturated rings. The highest BCUT2D eigenvalue weighted by Crippen LogP contribution is 2.37. The van der Waals surface area contributed by atoms with Crippen LogP contribution >= 0.6 is 0 Å². The molecule has 3 nitrogen and oxygen atoms in total. The Labute approximate surface area is 143 Å². The number of benzene rings is 2. The quantitative estimate of drug-likeness (QED) is 0.618. The van der Waals surface area contributed by atoms with Gasteiger partial charge in [-0.2, -0.15) is 0 Å². The van der Waals surface area contributed by atoms with Gasteiger partial charge in [0.2, 0.25) is 0 Å². The van der Waals surface area contributed by atoms with Crippen LogP contribution in [0.3, 0.4) is 0 Å². The topological polar surface area (TPSA) is 31.6 Å². The zero-order chi connectivity index (χ0) is 17.3. The number of rotatable bonds is 1. The van der Waals surface area contributed by atoms with Crippen molar-refractivity contribution in [1.29, 1.82) is 0 Å². The van der Waals surface area contributed by atoms with Crippen LogP contribution in [0, 0.1) is 13.8 Å². The number of furan rings is 1. The van der Waals surface area contributed by atoms with Crippen LogP contribution in [0.1, 0.15) is 38.8 Å². The first-order valence-corrected chi connectivity index (χ1v) is 8.48. The summed E-state index contributed by atoms with van der Waals surface area (Å²) < 4.78 is 18.5. The summed E-state index contributed by atoms with van der Waals surface area (Å²) in [6.07, 6.45) is 0. The van der Waals surface area contributed by atoms with E-state index in [2.05, 4.69) is 59.7 Å². The Morgan fingerprint density at radius 3 is 2.17 bits per heavy atom. The highest BCUT2D eigenvalue weighted by molar-refractivity contribution is 6.63. The summed E-state index contributed by atoms with van der Waals surface area (Å²) in [7, 11) is -0.353. The molecule has 0 bridgehead atoms. The summed E-state index contributed by atoms with van der Waals surface area (Å²) in [6.45, 7) is 12.5. The van der Waals surface area contributed by atoms with E-state index in [1.165, 1.54) is 10.9 Å². The third-order valence-corrected chi connectivity index (χ3v) is 5.60. The van der Waals surface area contributed by atoms with E-state index in [1.54, 1.807) is 0 Å². The van der Waals surface area contributed by atoms with Crippen LogP contribution in [0.5, 0.6) is 0 Å². The Balaban J connectivity index is 1.91. The van der Waals surface area contributed by atoms with Crippen LogP contribution < -0.4 is 5.46 Å².